The highest BCUT2D eigenvalue weighted by Gasteiger charge is 2.31. The average Bonchev–Trinajstić information content (AvgIpc) is 3.06. The van der Waals surface area contributed by atoms with E-state index >= 15 is 0 Å². The number of nitrogens with zero attached hydrogens (tertiary/aromatic N) is 3. The van der Waals surface area contributed by atoms with Gasteiger partial charge in [0.05, 0.1) is 21.3 Å². The molecule has 0 atom stereocenters. The summed E-state index contributed by atoms with van der Waals surface area (Å²) >= 11 is 25.1. The van der Waals surface area contributed by atoms with Crippen LogP contribution in [0.25, 0.3) is 6.08 Å². The second-order valence-corrected chi connectivity index (χ2v) is 8.09. The quantitative estimate of drug-likeness (QED) is 0.285. The molecule has 0 aliphatic carbocycles. The van der Waals surface area contributed by atoms with E-state index in [4.69, 9.17) is 46.4 Å². The SMILES string of the molecule is O=C1/C(=C\c2c(Cl)cccc2Cl)C(N=Cc2c(Cl)cccc2Cl)=NN1c1ccccc1. The maximum atomic E-state index is 13.2. The van der Waals surface area contributed by atoms with Crippen LogP contribution in [0.4, 0.5) is 5.69 Å². The molecule has 0 radical (unpaired) electrons. The van der Waals surface area contributed by atoms with Crippen molar-refractivity contribution < 1.29 is 4.79 Å². The molecule has 1 heterocycles. The third kappa shape index (κ3) is 4.53. The summed E-state index contributed by atoms with van der Waals surface area (Å²) in [6.07, 6.45) is 3.06. The molecule has 0 unspecified atom stereocenters. The number of hydrogen-bond acceptors (Lipinski definition) is 3. The van der Waals surface area contributed by atoms with Crippen molar-refractivity contribution in [2.24, 2.45) is 10.1 Å². The predicted octanol–water partition coefficient (Wildman–Crippen LogP) is 7.16. The Hall–Kier alpha value is -2.63. The normalized spacial score (nSPS) is 15.2. The van der Waals surface area contributed by atoms with Gasteiger partial charge in [-0.25, -0.2) is 4.99 Å². The zero-order valence-corrected chi connectivity index (χ0v) is 18.8. The Morgan fingerprint density at radius 2 is 1.29 bits per heavy atom. The molecule has 31 heavy (non-hydrogen) atoms. The van der Waals surface area contributed by atoms with Crippen LogP contribution in [0.5, 0.6) is 0 Å². The zero-order valence-electron chi connectivity index (χ0n) is 15.8. The first-order chi connectivity index (χ1) is 15.0. The maximum Gasteiger partial charge on any atom is 0.282 e. The highest BCUT2D eigenvalue weighted by atomic mass is 35.5. The van der Waals surface area contributed by atoms with Gasteiger partial charge in [0.2, 0.25) is 0 Å². The van der Waals surface area contributed by atoms with Crippen molar-refractivity contribution in [3.63, 3.8) is 0 Å². The highest BCUT2D eigenvalue weighted by Crippen LogP contribution is 2.31. The molecule has 4 rings (SSSR count). The fourth-order valence-corrected chi connectivity index (χ4v) is 3.92. The van der Waals surface area contributed by atoms with Gasteiger partial charge in [0.25, 0.3) is 5.91 Å². The molecule has 0 bridgehead atoms. The molecule has 1 amide bonds. The zero-order chi connectivity index (χ0) is 22.0. The standard InChI is InChI=1S/C23H13Cl4N3O/c24-18-8-4-9-19(25)15(18)12-16-22(28-13-17-20(26)10-5-11-21(17)27)29-30(23(16)31)14-6-2-1-3-7-14/h1-13H/b16-12-,28-13?. The number of hydrazone groups is 1. The van der Waals surface area contributed by atoms with Gasteiger partial charge in [-0.1, -0.05) is 76.7 Å². The van der Waals surface area contributed by atoms with E-state index in [1.807, 2.05) is 18.2 Å². The second kappa shape index (κ2) is 9.25. The second-order valence-electron chi connectivity index (χ2n) is 6.46. The molecule has 0 saturated heterocycles. The van der Waals surface area contributed by atoms with E-state index in [1.165, 1.54) is 11.2 Å². The van der Waals surface area contributed by atoms with Crippen LogP contribution in [-0.4, -0.2) is 18.0 Å². The van der Waals surface area contributed by atoms with Crippen LogP contribution in [0.3, 0.4) is 0 Å². The smallest absolute Gasteiger partial charge is 0.267 e. The molecule has 0 N–H and O–H groups in total. The van der Waals surface area contributed by atoms with Gasteiger partial charge < -0.3 is 0 Å². The first-order valence-electron chi connectivity index (χ1n) is 9.08. The van der Waals surface area contributed by atoms with E-state index in [1.54, 1.807) is 54.6 Å². The molecule has 8 heteroatoms. The number of aliphatic imine (C=N–C) groups is 1. The molecule has 0 spiro atoms. The Bertz CT molecular complexity index is 1210. The van der Waals surface area contributed by atoms with Crippen LogP contribution < -0.4 is 5.01 Å². The van der Waals surface area contributed by atoms with Gasteiger partial charge in [0.1, 0.15) is 0 Å². The van der Waals surface area contributed by atoms with Gasteiger partial charge >= 0.3 is 0 Å². The summed E-state index contributed by atoms with van der Waals surface area (Å²) < 4.78 is 0. The Kier molecular flexibility index (Phi) is 6.44. The molecule has 3 aromatic rings. The van der Waals surface area contributed by atoms with Gasteiger partial charge in [0, 0.05) is 27.4 Å². The van der Waals surface area contributed by atoms with Crippen molar-refractivity contribution in [3.8, 4) is 0 Å². The van der Waals surface area contributed by atoms with Gasteiger partial charge in [-0.2, -0.15) is 5.01 Å². The lowest BCUT2D eigenvalue weighted by molar-refractivity contribution is -0.114. The Morgan fingerprint density at radius 1 is 0.742 bits per heavy atom. The van der Waals surface area contributed by atoms with E-state index in [0.717, 1.165) is 0 Å². The first-order valence-corrected chi connectivity index (χ1v) is 10.6. The van der Waals surface area contributed by atoms with Crippen molar-refractivity contribution >= 4 is 76.1 Å². The maximum absolute atomic E-state index is 13.2. The fraction of sp³-hybridized carbons (Fsp3) is 0. The Morgan fingerprint density at radius 3 is 1.87 bits per heavy atom. The number of carbonyl (C=O) groups excluding carboxylic acids is 1. The molecule has 1 aliphatic heterocycles. The van der Waals surface area contributed by atoms with Crippen molar-refractivity contribution in [2.75, 3.05) is 5.01 Å². The molecule has 4 nitrogen and oxygen atoms in total. The number of amidine groups is 1. The number of para-hydroxylation sites is 1. The molecule has 0 fully saturated rings. The van der Waals surface area contributed by atoms with Crippen molar-refractivity contribution in [3.05, 3.63) is 104 Å². The van der Waals surface area contributed by atoms with E-state index in [2.05, 4.69) is 10.1 Å². The number of hydrogen-bond donors (Lipinski definition) is 0. The lowest BCUT2D eigenvalue weighted by atomic mass is 10.1. The van der Waals surface area contributed by atoms with Crippen LogP contribution in [0, 0.1) is 0 Å². The summed E-state index contributed by atoms with van der Waals surface area (Å²) in [4.78, 5) is 17.6. The van der Waals surface area contributed by atoms with Crippen molar-refractivity contribution in [1.29, 1.82) is 0 Å². The summed E-state index contributed by atoms with van der Waals surface area (Å²) in [5.74, 6) is -0.180. The Labute approximate surface area is 199 Å². The minimum Gasteiger partial charge on any atom is -0.267 e. The first kappa shape index (κ1) is 21.6. The van der Waals surface area contributed by atoms with Gasteiger partial charge in [0.15, 0.2) is 5.84 Å². The number of halogens is 4. The van der Waals surface area contributed by atoms with Crippen LogP contribution in [0.15, 0.2) is 82.4 Å². The van der Waals surface area contributed by atoms with E-state index in [9.17, 15) is 4.79 Å². The lowest BCUT2D eigenvalue weighted by Crippen LogP contribution is -2.21. The highest BCUT2D eigenvalue weighted by molar-refractivity contribution is 6.40. The van der Waals surface area contributed by atoms with Gasteiger partial charge in [-0.15, -0.1) is 5.10 Å². The molecular formula is C23H13Cl4N3O. The number of benzene rings is 3. The van der Waals surface area contributed by atoms with Crippen molar-refractivity contribution in [1.82, 2.24) is 0 Å². The van der Waals surface area contributed by atoms with E-state index in [-0.39, 0.29) is 17.3 Å². The van der Waals surface area contributed by atoms with E-state index < -0.39 is 0 Å². The molecule has 0 aromatic heterocycles. The van der Waals surface area contributed by atoms with Gasteiger partial charge in [-0.05, 0) is 42.5 Å². The monoisotopic (exact) mass is 487 g/mol. The van der Waals surface area contributed by atoms with Crippen LogP contribution >= 0.6 is 46.4 Å². The average molecular weight is 489 g/mol. The summed E-state index contributed by atoms with van der Waals surface area (Å²) in [6.45, 7) is 0. The van der Waals surface area contributed by atoms with Crippen LogP contribution in [0.1, 0.15) is 11.1 Å². The predicted molar refractivity (Wildman–Crippen MR) is 130 cm³/mol. The lowest BCUT2D eigenvalue weighted by Gasteiger charge is -2.10. The minimum absolute atomic E-state index is 0.181. The molecular weight excluding hydrogens is 476 g/mol. The van der Waals surface area contributed by atoms with Crippen LogP contribution in [0.2, 0.25) is 20.1 Å². The third-order valence-electron chi connectivity index (χ3n) is 4.46. The summed E-state index contributed by atoms with van der Waals surface area (Å²) in [7, 11) is 0. The largest absolute Gasteiger partial charge is 0.282 e. The van der Waals surface area contributed by atoms with E-state index in [0.29, 0.717) is 36.9 Å². The number of rotatable bonds is 3. The summed E-state index contributed by atoms with van der Waals surface area (Å²) in [6, 6.07) is 19.3. The molecule has 3 aromatic carbocycles. The van der Waals surface area contributed by atoms with Crippen molar-refractivity contribution in [2.45, 2.75) is 0 Å². The molecule has 1 aliphatic rings. The number of anilines is 1. The Balaban J connectivity index is 1.82. The fourth-order valence-electron chi connectivity index (χ4n) is 2.92. The van der Waals surface area contributed by atoms with Crippen LogP contribution in [-0.2, 0) is 4.79 Å². The summed E-state index contributed by atoms with van der Waals surface area (Å²) in [5.41, 5.74) is 1.86. The number of amides is 1. The summed E-state index contributed by atoms with van der Waals surface area (Å²) in [5, 5.41) is 7.36. The topological polar surface area (TPSA) is 45.0 Å². The molecule has 0 saturated carbocycles. The number of carbonyl (C=O) groups is 1. The minimum atomic E-state index is -0.361. The molecule has 154 valence electrons. The third-order valence-corrected chi connectivity index (χ3v) is 5.78. The van der Waals surface area contributed by atoms with Gasteiger partial charge in [-0.3, -0.25) is 4.79 Å².